The topological polar surface area (TPSA) is 36.5 Å². The van der Waals surface area contributed by atoms with Crippen molar-refractivity contribution in [3.8, 4) is 5.75 Å². The maximum Gasteiger partial charge on any atom is 0.170 e. The highest BCUT2D eigenvalue weighted by Gasteiger charge is 2.16. The fraction of sp³-hybridized carbons (Fsp3) is 0.588. The molecule has 4 nitrogen and oxygen atoms in total. The summed E-state index contributed by atoms with van der Waals surface area (Å²) in [5, 5.41) is 7.09. The summed E-state index contributed by atoms with van der Waals surface area (Å²) in [4.78, 5) is 2.17. The van der Waals surface area contributed by atoms with Gasteiger partial charge in [0.25, 0.3) is 0 Å². The summed E-state index contributed by atoms with van der Waals surface area (Å²) < 4.78 is 5.96. The van der Waals surface area contributed by atoms with E-state index in [1.54, 1.807) is 0 Å². The molecule has 1 aromatic carbocycles. The van der Waals surface area contributed by atoms with Crippen LogP contribution in [0.1, 0.15) is 32.1 Å². The first kappa shape index (κ1) is 17.0. The van der Waals surface area contributed by atoms with Gasteiger partial charge in [-0.3, -0.25) is 0 Å². The standard InChI is InChI=1S/C17H27N3OS/c1-20(2)13-5-12-18-17(22)19-14-8-10-16(11-9-14)21-15-6-3-4-7-15/h8-11,15H,3-7,12-13H2,1-2H3,(H2,18,19,22). The van der Waals surface area contributed by atoms with Crippen LogP contribution in [0.3, 0.4) is 0 Å². The van der Waals surface area contributed by atoms with Gasteiger partial charge in [0.1, 0.15) is 5.75 Å². The van der Waals surface area contributed by atoms with E-state index in [4.69, 9.17) is 17.0 Å². The molecule has 5 heteroatoms. The maximum atomic E-state index is 5.96. The van der Waals surface area contributed by atoms with Gasteiger partial charge < -0.3 is 20.3 Å². The second kappa shape index (κ2) is 8.96. The molecule has 2 N–H and O–H groups in total. The van der Waals surface area contributed by atoms with Crippen molar-refractivity contribution in [2.45, 2.75) is 38.2 Å². The normalized spacial score (nSPS) is 15.0. The van der Waals surface area contributed by atoms with Gasteiger partial charge in [0.05, 0.1) is 6.10 Å². The van der Waals surface area contributed by atoms with Crippen LogP contribution in [0.2, 0.25) is 0 Å². The Balaban J connectivity index is 1.69. The first-order valence-electron chi connectivity index (χ1n) is 8.10. The van der Waals surface area contributed by atoms with Gasteiger partial charge in [-0.15, -0.1) is 0 Å². The molecule has 122 valence electrons. The van der Waals surface area contributed by atoms with Gasteiger partial charge in [0.2, 0.25) is 0 Å². The van der Waals surface area contributed by atoms with Gasteiger partial charge in [-0.05, 0) is 89.2 Å². The zero-order chi connectivity index (χ0) is 15.8. The smallest absolute Gasteiger partial charge is 0.170 e. The Morgan fingerprint density at radius 1 is 1.23 bits per heavy atom. The zero-order valence-electron chi connectivity index (χ0n) is 13.6. The lowest BCUT2D eigenvalue weighted by Crippen LogP contribution is -2.30. The number of hydrogen-bond donors (Lipinski definition) is 2. The molecule has 2 rings (SSSR count). The van der Waals surface area contributed by atoms with E-state index in [9.17, 15) is 0 Å². The summed E-state index contributed by atoms with van der Waals surface area (Å²) in [6.07, 6.45) is 6.42. The number of nitrogens with one attached hydrogen (secondary N) is 2. The molecular weight excluding hydrogens is 294 g/mol. The van der Waals surface area contributed by atoms with E-state index < -0.39 is 0 Å². The molecule has 0 atom stereocenters. The average molecular weight is 321 g/mol. The number of hydrogen-bond acceptors (Lipinski definition) is 3. The monoisotopic (exact) mass is 321 g/mol. The van der Waals surface area contributed by atoms with Gasteiger partial charge in [-0.25, -0.2) is 0 Å². The Hall–Kier alpha value is -1.33. The lowest BCUT2D eigenvalue weighted by atomic mass is 10.3. The molecule has 1 aromatic rings. The van der Waals surface area contributed by atoms with Crippen LogP contribution < -0.4 is 15.4 Å². The highest BCUT2D eigenvalue weighted by molar-refractivity contribution is 7.80. The Morgan fingerprint density at radius 2 is 1.91 bits per heavy atom. The van der Waals surface area contributed by atoms with Crippen LogP contribution in [0.15, 0.2) is 24.3 Å². The number of rotatable bonds is 7. The van der Waals surface area contributed by atoms with Crippen LogP contribution in [0.25, 0.3) is 0 Å². The SMILES string of the molecule is CN(C)CCCNC(=S)Nc1ccc(OC2CCCC2)cc1. The summed E-state index contributed by atoms with van der Waals surface area (Å²) in [6, 6.07) is 8.04. The molecule has 0 spiro atoms. The van der Waals surface area contributed by atoms with Crippen LogP contribution >= 0.6 is 12.2 Å². The zero-order valence-corrected chi connectivity index (χ0v) is 14.4. The lowest BCUT2D eigenvalue weighted by Gasteiger charge is -2.15. The molecule has 22 heavy (non-hydrogen) atoms. The van der Waals surface area contributed by atoms with Crippen molar-refractivity contribution >= 4 is 23.0 Å². The van der Waals surface area contributed by atoms with Crippen molar-refractivity contribution in [3.63, 3.8) is 0 Å². The van der Waals surface area contributed by atoms with Crippen molar-refractivity contribution in [1.82, 2.24) is 10.2 Å². The summed E-state index contributed by atoms with van der Waals surface area (Å²) in [5.74, 6) is 0.947. The van der Waals surface area contributed by atoms with Crippen molar-refractivity contribution in [3.05, 3.63) is 24.3 Å². The van der Waals surface area contributed by atoms with Gasteiger partial charge in [-0.1, -0.05) is 0 Å². The molecule has 0 bridgehead atoms. The van der Waals surface area contributed by atoms with Gasteiger partial charge in [0.15, 0.2) is 5.11 Å². The van der Waals surface area contributed by atoms with E-state index >= 15 is 0 Å². The number of thiocarbonyl (C=S) groups is 1. The van der Waals surface area contributed by atoms with Crippen molar-refractivity contribution in [1.29, 1.82) is 0 Å². The second-order valence-corrected chi connectivity index (χ2v) is 6.49. The molecule has 0 radical (unpaired) electrons. The summed E-state index contributed by atoms with van der Waals surface area (Å²) >= 11 is 5.30. The molecule has 0 saturated heterocycles. The molecule has 0 aliphatic heterocycles. The predicted octanol–water partition coefficient (Wildman–Crippen LogP) is 3.25. The van der Waals surface area contributed by atoms with Crippen LogP contribution in [0.4, 0.5) is 5.69 Å². The van der Waals surface area contributed by atoms with E-state index in [2.05, 4.69) is 29.6 Å². The second-order valence-electron chi connectivity index (χ2n) is 6.09. The summed E-state index contributed by atoms with van der Waals surface area (Å²) in [5.41, 5.74) is 0.990. The number of nitrogens with zero attached hydrogens (tertiary/aromatic N) is 1. The Kier molecular flexibility index (Phi) is 6.93. The Bertz CT molecular complexity index is 455. The Labute approximate surface area is 139 Å². The molecule has 1 saturated carbocycles. The fourth-order valence-electron chi connectivity index (χ4n) is 2.59. The molecule has 1 fully saturated rings. The average Bonchev–Trinajstić information content (AvgIpc) is 2.98. The third kappa shape index (κ3) is 6.20. The van der Waals surface area contributed by atoms with Crippen molar-refractivity contribution in [2.75, 3.05) is 32.5 Å². The van der Waals surface area contributed by atoms with E-state index in [0.717, 1.165) is 30.9 Å². The first-order valence-corrected chi connectivity index (χ1v) is 8.50. The number of ether oxygens (including phenoxy) is 1. The predicted molar refractivity (Wildman–Crippen MR) is 96.7 cm³/mol. The molecular formula is C17H27N3OS. The van der Waals surface area contributed by atoms with Gasteiger partial charge in [-0.2, -0.15) is 0 Å². The number of benzene rings is 1. The Morgan fingerprint density at radius 3 is 2.55 bits per heavy atom. The van der Waals surface area contributed by atoms with E-state index in [-0.39, 0.29) is 0 Å². The van der Waals surface area contributed by atoms with Gasteiger partial charge >= 0.3 is 0 Å². The molecule has 1 aliphatic carbocycles. The third-order valence-electron chi connectivity index (χ3n) is 3.78. The van der Waals surface area contributed by atoms with Crippen LogP contribution in [-0.4, -0.2) is 43.3 Å². The fourth-order valence-corrected chi connectivity index (χ4v) is 2.81. The quantitative estimate of drug-likeness (QED) is 0.595. The highest BCUT2D eigenvalue weighted by Crippen LogP contribution is 2.24. The van der Waals surface area contributed by atoms with E-state index in [1.165, 1.54) is 25.7 Å². The maximum absolute atomic E-state index is 5.96. The molecule has 0 amide bonds. The minimum atomic E-state index is 0.401. The lowest BCUT2D eigenvalue weighted by molar-refractivity contribution is 0.210. The minimum absolute atomic E-state index is 0.401. The summed E-state index contributed by atoms with van der Waals surface area (Å²) in [6.45, 7) is 1.94. The number of anilines is 1. The molecule has 0 aromatic heterocycles. The summed E-state index contributed by atoms with van der Waals surface area (Å²) in [7, 11) is 4.15. The third-order valence-corrected chi connectivity index (χ3v) is 4.03. The molecule has 0 unspecified atom stereocenters. The van der Waals surface area contributed by atoms with E-state index in [1.807, 2.05) is 24.3 Å². The largest absolute Gasteiger partial charge is 0.490 e. The van der Waals surface area contributed by atoms with Crippen molar-refractivity contribution < 1.29 is 4.74 Å². The van der Waals surface area contributed by atoms with Crippen LogP contribution in [0.5, 0.6) is 5.75 Å². The molecule has 0 heterocycles. The van der Waals surface area contributed by atoms with Crippen molar-refractivity contribution in [2.24, 2.45) is 0 Å². The molecule has 1 aliphatic rings. The highest BCUT2D eigenvalue weighted by atomic mass is 32.1. The van der Waals surface area contributed by atoms with Gasteiger partial charge in [0, 0.05) is 12.2 Å². The minimum Gasteiger partial charge on any atom is -0.490 e. The van der Waals surface area contributed by atoms with Crippen LogP contribution in [-0.2, 0) is 0 Å². The van der Waals surface area contributed by atoms with E-state index in [0.29, 0.717) is 11.2 Å². The van der Waals surface area contributed by atoms with Crippen LogP contribution in [0, 0.1) is 0 Å². The first-order chi connectivity index (χ1) is 10.6.